The Labute approximate surface area is 133 Å². The lowest BCUT2D eigenvalue weighted by Crippen LogP contribution is -2.03. The van der Waals surface area contributed by atoms with Crippen LogP contribution in [0.2, 0.25) is 0 Å². The molecule has 0 bridgehead atoms. The molecule has 0 N–H and O–H groups in total. The summed E-state index contributed by atoms with van der Waals surface area (Å²) in [6.45, 7) is 4.00. The van der Waals surface area contributed by atoms with Crippen molar-refractivity contribution in [3.05, 3.63) is 52.3 Å². The third-order valence-electron chi connectivity index (χ3n) is 2.64. The summed E-state index contributed by atoms with van der Waals surface area (Å²) in [6.07, 6.45) is 1.53. The normalized spacial score (nSPS) is 9.38. The molecular formula is C16H18BrNO3. The molecule has 5 heteroatoms. The number of halogens is 1. The summed E-state index contributed by atoms with van der Waals surface area (Å²) in [4.78, 5) is 16.3. The number of aromatic nitrogens is 1. The van der Waals surface area contributed by atoms with Crippen LogP contribution in [-0.4, -0.2) is 25.0 Å². The highest BCUT2D eigenvalue weighted by Gasteiger charge is 2.13. The molecule has 1 heterocycles. The average Bonchev–Trinajstić information content (AvgIpc) is 2.56. The summed E-state index contributed by atoms with van der Waals surface area (Å²) in [5.41, 5.74) is 1.05. The third-order valence-corrected chi connectivity index (χ3v) is 3.10. The lowest BCUT2D eigenvalue weighted by molar-refractivity contribution is 0.103. The number of rotatable bonds is 4. The summed E-state index contributed by atoms with van der Waals surface area (Å²) in [5.74, 6) is 1.01. The zero-order chi connectivity index (χ0) is 15.8. The van der Waals surface area contributed by atoms with E-state index in [9.17, 15) is 4.79 Å². The van der Waals surface area contributed by atoms with Crippen molar-refractivity contribution in [2.75, 3.05) is 14.2 Å². The van der Waals surface area contributed by atoms with E-state index in [1.54, 1.807) is 37.4 Å². The molecule has 0 saturated carbocycles. The lowest BCUT2D eigenvalue weighted by atomic mass is 10.0. The van der Waals surface area contributed by atoms with Crippen molar-refractivity contribution < 1.29 is 14.3 Å². The smallest absolute Gasteiger partial charge is 0.194 e. The largest absolute Gasteiger partial charge is 0.493 e. The van der Waals surface area contributed by atoms with Gasteiger partial charge in [-0.3, -0.25) is 4.79 Å². The molecule has 0 unspecified atom stereocenters. The van der Waals surface area contributed by atoms with Crippen LogP contribution in [0.1, 0.15) is 29.8 Å². The van der Waals surface area contributed by atoms with Gasteiger partial charge in [-0.2, -0.15) is 0 Å². The molecule has 0 spiro atoms. The molecule has 0 saturated heterocycles. The van der Waals surface area contributed by atoms with Gasteiger partial charge in [-0.1, -0.05) is 13.8 Å². The molecule has 0 amide bonds. The van der Waals surface area contributed by atoms with Gasteiger partial charge in [0.2, 0.25) is 0 Å². The molecule has 0 atom stereocenters. The SMILES string of the molecule is CC.COc1ccc(C(=O)c2ccc(Br)nc2)cc1OC. The summed E-state index contributed by atoms with van der Waals surface area (Å²) < 4.78 is 11.0. The molecule has 112 valence electrons. The van der Waals surface area contributed by atoms with Gasteiger partial charge in [-0.05, 0) is 46.3 Å². The van der Waals surface area contributed by atoms with E-state index in [0.29, 0.717) is 27.2 Å². The maximum atomic E-state index is 12.3. The van der Waals surface area contributed by atoms with Crippen LogP contribution in [0, 0.1) is 0 Å². The van der Waals surface area contributed by atoms with Gasteiger partial charge in [0.05, 0.1) is 14.2 Å². The lowest BCUT2D eigenvalue weighted by Gasteiger charge is -2.09. The van der Waals surface area contributed by atoms with Crippen molar-refractivity contribution in [2.24, 2.45) is 0 Å². The van der Waals surface area contributed by atoms with E-state index in [1.807, 2.05) is 13.8 Å². The summed E-state index contributed by atoms with van der Waals surface area (Å²) >= 11 is 3.23. The first kappa shape index (κ1) is 17.2. The van der Waals surface area contributed by atoms with Crippen LogP contribution in [0.15, 0.2) is 41.1 Å². The minimum absolute atomic E-state index is 0.110. The second kappa shape index (κ2) is 8.42. The highest BCUT2D eigenvalue weighted by Crippen LogP contribution is 2.28. The van der Waals surface area contributed by atoms with Gasteiger partial charge >= 0.3 is 0 Å². The first-order chi connectivity index (χ1) is 10.2. The summed E-state index contributed by atoms with van der Waals surface area (Å²) in [6, 6.07) is 8.51. The maximum absolute atomic E-state index is 12.3. The van der Waals surface area contributed by atoms with E-state index in [2.05, 4.69) is 20.9 Å². The zero-order valence-electron chi connectivity index (χ0n) is 12.5. The number of hydrogen-bond donors (Lipinski definition) is 0. The highest BCUT2D eigenvalue weighted by molar-refractivity contribution is 9.10. The molecule has 1 aromatic heterocycles. The Balaban J connectivity index is 0.00000106. The Hall–Kier alpha value is -1.88. The second-order valence-electron chi connectivity index (χ2n) is 3.77. The van der Waals surface area contributed by atoms with E-state index in [1.165, 1.54) is 13.3 Å². The molecule has 2 aromatic rings. The number of benzene rings is 1. The fourth-order valence-corrected chi connectivity index (χ4v) is 1.89. The number of ether oxygens (including phenoxy) is 2. The highest BCUT2D eigenvalue weighted by atomic mass is 79.9. The first-order valence-electron chi connectivity index (χ1n) is 6.54. The van der Waals surface area contributed by atoms with Gasteiger partial charge in [0.25, 0.3) is 0 Å². The Morgan fingerprint density at radius 2 is 1.62 bits per heavy atom. The molecule has 1 aromatic carbocycles. The Morgan fingerprint density at radius 1 is 1.00 bits per heavy atom. The van der Waals surface area contributed by atoms with E-state index in [-0.39, 0.29) is 5.78 Å². The van der Waals surface area contributed by atoms with Crippen LogP contribution < -0.4 is 9.47 Å². The van der Waals surface area contributed by atoms with Crippen molar-refractivity contribution in [1.29, 1.82) is 0 Å². The number of nitrogens with zero attached hydrogens (tertiary/aromatic N) is 1. The van der Waals surface area contributed by atoms with Crippen molar-refractivity contribution >= 4 is 21.7 Å². The van der Waals surface area contributed by atoms with Crippen molar-refractivity contribution in [3.63, 3.8) is 0 Å². The standard InChI is InChI=1S/C14H12BrNO3.C2H6/c1-18-11-5-3-9(7-12(11)19-2)14(17)10-4-6-13(15)16-8-10;1-2/h3-8H,1-2H3;1-2H3. The van der Waals surface area contributed by atoms with Crippen LogP contribution in [0.3, 0.4) is 0 Å². The van der Waals surface area contributed by atoms with Gasteiger partial charge in [-0.25, -0.2) is 4.98 Å². The quantitative estimate of drug-likeness (QED) is 0.614. The molecule has 0 aliphatic carbocycles. The van der Waals surface area contributed by atoms with Crippen molar-refractivity contribution in [1.82, 2.24) is 4.98 Å². The Morgan fingerprint density at radius 3 is 2.14 bits per heavy atom. The Kier molecular flexibility index (Phi) is 6.88. The molecule has 2 rings (SSSR count). The molecule has 0 aliphatic rings. The van der Waals surface area contributed by atoms with Crippen LogP contribution in [0.5, 0.6) is 11.5 Å². The van der Waals surface area contributed by atoms with Crippen LogP contribution in [0.25, 0.3) is 0 Å². The maximum Gasteiger partial charge on any atom is 0.194 e. The number of methoxy groups -OCH3 is 2. The van der Waals surface area contributed by atoms with Gasteiger partial charge in [0.1, 0.15) is 4.60 Å². The van der Waals surface area contributed by atoms with Crippen molar-refractivity contribution in [3.8, 4) is 11.5 Å². The fourth-order valence-electron chi connectivity index (χ4n) is 1.65. The number of hydrogen-bond acceptors (Lipinski definition) is 4. The molecule has 0 aliphatic heterocycles. The molecule has 0 fully saturated rings. The van der Waals surface area contributed by atoms with E-state index >= 15 is 0 Å². The van der Waals surface area contributed by atoms with E-state index in [4.69, 9.17) is 9.47 Å². The van der Waals surface area contributed by atoms with Crippen LogP contribution >= 0.6 is 15.9 Å². The molecule has 4 nitrogen and oxygen atoms in total. The predicted octanol–water partition coefficient (Wildman–Crippen LogP) is 4.12. The number of carbonyl (C=O) groups is 1. The molecule has 0 radical (unpaired) electrons. The second-order valence-corrected chi connectivity index (χ2v) is 4.58. The van der Waals surface area contributed by atoms with Gasteiger partial charge in [-0.15, -0.1) is 0 Å². The van der Waals surface area contributed by atoms with Gasteiger partial charge in [0, 0.05) is 17.3 Å². The van der Waals surface area contributed by atoms with E-state index < -0.39 is 0 Å². The fraction of sp³-hybridized carbons (Fsp3) is 0.250. The minimum atomic E-state index is -0.110. The Bertz CT molecular complexity index is 597. The van der Waals surface area contributed by atoms with Crippen molar-refractivity contribution in [2.45, 2.75) is 13.8 Å². The third kappa shape index (κ3) is 4.29. The summed E-state index contributed by atoms with van der Waals surface area (Å²) in [5, 5.41) is 0. The zero-order valence-corrected chi connectivity index (χ0v) is 14.1. The molecule has 21 heavy (non-hydrogen) atoms. The van der Waals surface area contributed by atoms with E-state index in [0.717, 1.165) is 0 Å². The predicted molar refractivity (Wildman–Crippen MR) is 86.3 cm³/mol. The summed E-state index contributed by atoms with van der Waals surface area (Å²) in [7, 11) is 3.09. The monoisotopic (exact) mass is 351 g/mol. The minimum Gasteiger partial charge on any atom is -0.493 e. The van der Waals surface area contributed by atoms with Gasteiger partial charge < -0.3 is 9.47 Å². The number of ketones is 1. The van der Waals surface area contributed by atoms with Crippen LogP contribution in [0.4, 0.5) is 0 Å². The number of carbonyl (C=O) groups excluding carboxylic acids is 1. The first-order valence-corrected chi connectivity index (χ1v) is 7.33. The number of pyridine rings is 1. The average molecular weight is 352 g/mol. The molecular weight excluding hydrogens is 334 g/mol. The topological polar surface area (TPSA) is 48.4 Å². The van der Waals surface area contributed by atoms with Gasteiger partial charge in [0.15, 0.2) is 17.3 Å². The van der Waals surface area contributed by atoms with Crippen LogP contribution in [-0.2, 0) is 0 Å².